The maximum Gasteiger partial charge on any atom is 0.313 e. The van der Waals surface area contributed by atoms with Gasteiger partial charge in [0.05, 0.1) is 11.0 Å². The fourth-order valence-corrected chi connectivity index (χ4v) is 1.36. The highest BCUT2D eigenvalue weighted by Gasteiger charge is 2.22. The van der Waals surface area contributed by atoms with Crippen LogP contribution in [0.1, 0.15) is 35.9 Å². The zero-order valence-electron chi connectivity index (χ0n) is 19.1. The number of carbonyl (C=O) groups excluding carboxylic acids is 1. The van der Waals surface area contributed by atoms with E-state index in [1.165, 1.54) is 13.8 Å². The van der Waals surface area contributed by atoms with Crippen molar-refractivity contribution in [3.8, 4) is 11.5 Å². The molecule has 5 heteroatoms. The highest BCUT2D eigenvalue weighted by Crippen LogP contribution is 2.32. The van der Waals surface area contributed by atoms with Crippen LogP contribution >= 0.6 is 23.2 Å². The van der Waals surface area contributed by atoms with Crippen molar-refractivity contribution < 1.29 is 26.0 Å². The molecule has 0 saturated carbocycles. The van der Waals surface area contributed by atoms with Gasteiger partial charge in [0.1, 0.15) is 11.5 Å². The van der Waals surface area contributed by atoms with E-state index in [0.717, 1.165) is 0 Å². The average Bonchev–Trinajstić information content (AvgIpc) is 2.60. The summed E-state index contributed by atoms with van der Waals surface area (Å²) in [6.07, 6.45) is 0. The van der Waals surface area contributed by atoms with Gasteiger partial charge in [-0.2, -0.15) is 0 Å². The van der Waals surface area contributed by atoms with Gasteiger partial charge in [0.25, 0.3) is 0 Å². The third-order valence-electron chi connectivity index (χ3n) is 2.47. The quantitative estimate of drug-likeness (QED) is 0.759. The van der Waals surface area contributed by atoms with E-state index in [1.807, 2.05) is 0 Å². The monoisotopic (exact) mass is 334 g/mol. The molecule has 2 aromatic carbocycles. The number of phenolic OH excluding ortho intramolecular Hbond substituents is 2. The summed E-state index contributed by atoms with van der Waals surface area (Å²) in [7, 11) is 0. The molecule has 0 radical (unpaired) electrons. The average molecular weight is 335 g/mol. The van der Waals surface area contributed by atoms with E-state index < -0.39 is 70.0 Å². The van der Waals surface area contributed by atoms with Crippen LogP contribution in [0.15, 0.2) is 48.3 Å². The number of hydrogen-bond acceptors (Lipinski definition) is 3. The smallest absolute Gasteiger partial charge is 0.313 e. The Labute approximate surface area is 145 Å². The molecule has 0 bridgehead atoms. The molecule has 0 aliphatic carbocycles. The minimum atomic E-state index is -1.46. The Hall–Kier alpha value is -1.71. The summed E-state index contributed by atoms with van der Waals surface area (Å²) in [6.45, 7) is 2.88. The minimum absolute atomic E-state index is 0.174. The van der Waals surface area contributed by atoms with Crippen LogP contribution in [0, 0.1) is 0 Å². The summed E-state index contributed by atoms with van der Waals surface area (Å²) >= 11 is 8.80. The molecular formula is C16H16Cl2O3. The first-order valence-electron chi connectivity index (χ1n) is 9.53. The predicted molar refractivity (Wildman–Crippen MR) is 85.4 cm³/mol. The number of phenols is 2. The third-order valence-corrected chi connectivity index (χ3v) is 2.47. The summed E-state index contributed by atoms with van der Waals surface area (Å²) in [6, 6.07) is -4.75. The van der Waals surface area contributed by atoms with Gasteiger partial charge in [0.15, 0.2) is 0 Å². The number of aromatic hydroxyl groups is 2. The second kappa shape index (κ2) is 7.34. The Morgan fingerprint density at radius 2 is 1.14 bits per heavy atom. The molecule has 112 valence electrons. The van der Waals surface area contributed by atoms with Crippen molar-refractivity contribution in [2.75, 3.05) is 0 Å². The van der Waals surface area contributed by atoms with Crippen LogP contribution in [0.2, 0.25) is 0 Å². The van der Waals surface area contributed by atoms with Crippen molar-refractivity contribution >= 4 is 27.9 Å². The standard InChI is InChI=1S/C15H16O2.CCl2O/c1-15(2,11-3-7-13(16)8-4-11)12-5-9-14(17)10-6-12;2-1(3)4/h3-10,16-17H,1-2H3;/i3D,4D,5D,6D,7D,8D,9D,10D;. The van der Waals surface area contributed by atoms with Crippen LogP contribution in [-0.4, -0.2) is 14.9 Å². The molecule has 0 heterocycles. The number of hydrogen-bond donors (Lipinski definition) is 2. The first-order chi connectivity index (χ1) is 13.1. The fourth-order valence-electron chi connectivity index (χ4n) is 1.36. The second-order valence-electron chi connectivity index (χ2n) is 4.30. The Kier molecular flexibility index (Phi) is 3.03. The van der Waals surface area contributed by atoms with Crippen molar-refractivity contribution in [1.82, 2.24) is 0 Å². The van der Waals surface area contributed by atoms with Crippen molar-refractivity contribution in [1.29, 1.82) is 0 Å². The molecule has 0 spiro atoms. The topological polar surface area (TPSA) is 57.5 Å². The molecule has 0 aromatic heterocycles. The van der Waals surface area contributed by atoms with Gasteiger partial charge in [-0.1, -0.05) is 38.0 Å². The lowest BCUT2D eigenvalue weighted by molar-refractivity contribution is 0.275. The Morgan fingerprint density at radius 1 is 0.905 bits per heavy atom. The minimum Gasteiger partial charge on any atom is -0.508 e. The third kappa shape index (κ3) is 5.29. The zero-order valence-corrected chi connectivity index (χ0v) is 12.6. The number of rotatable bonds is 2. The summed E-state index contributed by atoms with van der Waals surface area (Å²) < 4.78 is 62.3. The second-order valence-corrected chi connectivity index (χ2v) is 5.18. The molecule has 0 amide bonds. The number of carbonyl (C=O) groups is 1. The zero-order chi connectivity index (χ0) is 23.0. The van der Waals surface area contributed by atoms with Crippen LogP contribution < -0.4 is 0 Å². The fraction of sp³-hybridized carbons (Fsp3) is 0.188. The summed E-state index contributed by atoms with van der Waals surface area (Å²) in [5.41, 5.74) is -1.81. The van der Waals surface area contributed by atoms with Crippen LogP contribution in [0.3, 0.4) is 0 Å². The molecule has 0 saturated heterocycles. The molecule has 21 heavy (non-hydrogen) atoms. The molecular weight excluding hydrogens is 311 g/mol. The van der Waals surface area contributed by atoms with Crippen molar-refractivity contribution in [3.05, 3.63) is 59.5 Å². The SMILES string of the molecule is O=C(Cl)Cl.[2H]c1c([2H])c(C(C)(C)c2c([2H])c([2H])c(O)c([2H])c2[2H])c([2H])c([2H])c1O. The van der Waals surface area contributed by atoms with E-state index in [0.29, 0.717) is 0 Å². The molecule has 2 aromatic rings. The van der Waals surface area contributed by atoms with Crippen LogP contribution in [0.5, 0.6) is 11.5 Å². The van der Waals surface area contributed by atoms with E-state index in [4.69, 9.17) is 15.8 Å². The van der Waals surface area contributed by atoms with E-state index in [9.17, 15) is 10.2 Å². The number of benzene rings is 2. The Balaban J connectivity index is 0.000000960. The predicted octanol–water partition coefficient (Wildman–Crippen LogP) is 5.01. The van der Waals surface area contributed by atoms with E-state index in [-0.39, 0.29) is 11.1 Å². The normalized spacial score (nSPS) is 15.8. The molecule has 2 rings (SSSR count). The molecule has 0 aliphatic heterocycles. The maximum atomic E-state index is 9.68. The van der Waals surface area contributed by atoms with Gasteiger partial charge in [-0.15, -0.1) is 0 Å². The van der Waals surface area contributed by atoms with Crippen LogP contribution in [-0.2, 0) is 5.41 Å². The molecule has 0 aliphatic rings. The number of halogens is 2. The first kappa shape index (κ1) is 8.66. The Bertz CT molecular complexity index is 862. The highest BCUT2D eigenvalue weighted by atomic mass is 35.5. The van der Waals surface area contributed by atoms with Gasteiger partial charge < -0.3 is 10.2 Å². The van der Waals surface area contributed by atoms with E-state index in [2.05, 4.69) is 23.2 Å². The lowest BCUT2D eigenvalue weighted by Crippen LogP contribution is -2.18. The van der Waals surface area contributed by atoms with Gasteiger partial charge in [0, 0.05) is 5.41 Å². The maximum absolute atomic E-state index is 9.68. The molecule has 0 unspecified atom stereocenters. The van der Waals surface area contributed by atoms with Gasteiger partial charge >= 0.3 is 4.70 Å². The molecule has 0 atom stereocenters. The van der Waals surface area contributed by atoms with Crippen molar-refractivity contribution in [2.45, 2.75) is 19.3 Å². The lowest BCUT2D eigenvalue weighted by Gasteiger charge is -2.26. The largest absolute Gasteiger partial charge is 0.508 e. The Morgan fingerprint density at radius 3 is 1.38 bits per heavy atom. The molecule has 3 nitrogen and oxygen atoms in total. The first-order valence-corrected chi connectivity index (χ1v) is 6.29. The van der Waals surface area contributed by atoms with E-state index >= 15 is 0 Å². The van der Waals surface area contributed by atoms with Gasteiger partial charge in [-0.05, 0) is 58.5 Å². The molecule has 2 N–H and O–H groups in total. The van der Waals surface area contributed by atoms with Gasteiger partial charge in [-0.25, -0.2) is 0 Å². The van der Waals surface area contributed by atoms with Crippen LogP contribution in [0.25, 0.3) is 0 Å². The molecule has 0 fully saturated rings. The lowest BCUT2D eigenvalue weighted by atomic mass is 9.78. The van der Waals surface area contributed by atoms with E-state index in [1.54, 1.807) is 0 Å². The van der Waals surface area contributed by atoms with Gasteiger partial charge in [0.2, 0.25) is 0 Å². The van der Waals surface area contributed by atoms with Crippen molar-refractivity contribution in [2.24, 2.45) is 0 Å². The summed E-state index contributed by atoms with van der Waals surface area (Å²) in [5.74, 6) is -1.61. The summed E-state index contributed by atoms with van der Waals surface area (Å²) in [4.78, 5) is 8.98. The summed E-state index contributed by atoms with van der Waals surface area (Å²) in [5, 5.41) is 19.4. The van der Waals surface area contributed by atoms with Crippen molar-refractivity contribution in [3.63, 3.8) is 0 Å². The van der Waals surface area contributed by atoms with Crippen LogP contribution in [0.4, 0.5) is 4.79 Å². The highest BCUT2D eigenvalue weighted by molar-refractivity contribution is 6.93. The van der Waals surface area contributed by atoms with Gasteiger partial charge in [-0.3, -0.25) is 4.79 Å².